The van der Waals surface area contributed by atoms with Gasteiger partial charge in [-0.1, -0.05) is 84.9 Å². The van der Waals surface area contributed by atoms with Crippen molar-refractivity contribution < 1.29 is 4.79 Å². The summed E-state index contributed by atoms with van der Waals surface area (Å²) in [4.78, 5) is 11.7. The number of carbonyl (C=O) groups excluding carboxylic acids is 1. The van der Waals surface area contributed by atoms with Gasteiger partial charge < -0.3 is 5.32 Å². The lowest BCUT2D eigenvalue weighted by Gasteiger charge is -1.94. The summed E-state index contributed by atoms with van der Waals surface area (Å²) in [7, 11) is 1.91. The van der Waals surface area contributed by atoms with Gasteiger partial charge in [-0.05, 0) is 23.8 Å². The number of nitrogens with one attached hydrogen (secondary N) is 1. The van der Waals surface area contributed by atoms with Crippen molar-refractivity contribution in [1.29, 1.82) is 0 Å². The Bertz CT molecular complexity index is 750. The normalized spacial score (nSPS) is 9.88. The third kappa shape index (κ3) is 5.93. The second-order valence-electron chi connectivity index (χ2n) is 5.09. The first-order valence-electron chi connectivity index (χ1n) is 7.85. The standard InChI is InChI=1S/C15H12O.C7H9N/c16-15(14-9-5-2-6-10-14)12-11-13-7-3-1-4-8-13;1-8-7-5-3-2-4-6-7/h1-12H;2-6,8H,1H3. The lowest BCUT2D eigenvalue weighted by molar-refractivity contribution is 0.104. The number of anilines is 1. The highest BCUT2D eigenvalue weighted by Crippen LogP contribution is 2.05. The van der Waals surface area contributed by atoms with Crippen molar-refractivity contribution in [1.82, 2.24) is 0 Å². The molecule has 0 heterocycles. The zero-order valence-electron chi connectivity index (χ0n) is 13.7. The van der Waals surface area contributed by atoms with Crippen LogP contribution in [0.2, 0.25) is 0 Å². The van der Waals surface area contributed by atoms with Gasteiger partial charge in [-0.3, -0.25) is 4.79 Å². The van der Waals surface area contributed by atoms with Gasteiger partial charge in [-0.2, -0.15) is 0 Å². The van der Waals surface area contributed by atoms with Crippen LogP contribution in [0.5, 0.6) is 0 Å². The molecule has 0 atom stereocenters. The van der Waals surface area contributed by atoms with E-state index in [-0.39, 0.29) is 5.78 Å². The lowest BCUT2D eigenvalue weighted by atomic mass is 10.1. The van der Waals surface area contributed by atoms with Gasteiger partial charge >= 0.3 is 0 Å². The SMILES string of the molecule is CNc1ccccc1.O=C(C=Cc1ccccc1)c1ccccc1. The van der Waals surface area contributed by atoms with Crippen molar-refractivity contribution in [3.05, 3.63) is 108 Å². The molecule has 3 aromatic rings. The Hall–Kier alpha value is -3.13. The Balaban J connectivity index is 0.000000219. The van der Waals surface area contributed by atoms with Crippen molar-refractivity contribution in [3.63, 3.8) is 0 Å². The molecule has 2 heteroatoms. The fraction of sp³-hybridized carbons (Fsp3) is 0.0455. The summed E-state index contributed by atoms with van der Waals surface area (Å²) < 4.78 is 0. The largest absolute Gasteiger partial charge is 0.388 e. The van der Waals surface area contributed by atoms with E-state index in [1.165, 1.54) is 0 Å². The first-order valence-corrected chi connectivity index (χ1v) is 7.85. The summed E-state index contributed by atoms with van der Waals surface area (Å²) in [6.07, 6.45) is 3.43. The average molecular weight is 315 g/mol. The summed E-state index contributed by atoms with van der Waals surface area (Å²) in [6, 6.07) is 29.1. The van der Waals surface area contributed by atoms with E-state index >= 15 is 0 Å². The topological polar surface area (TPSA) is 29.1 Å². The van der Waals surface area contributed by atoms with Crippen LogP contribution in [0, 0.1) is 0 Å². The van der Waals surface area contributed by atoms with E-state index in [1.807, 2.05) is 104 Å². The van der Waals surface area contributed by atoms with Gasteiger partial charge in [0, 0.05) is 18.3 Å². The molecule has 0 aliphatic carbocycles. The molecule has 0 bridgehead atoms. The lowest BCUT2D eigenvalue weighted by Crippen LogP contribution is -1.92. The summed E-state index contributed by atoms with van der Waals surface area (Å²) in [5, 5.41) is 3.03. The van der Waals surface area contributed by atoms with Gasteiger partial charge in [0.05, 0.1) is 0 Å². The molecule has 0 radical (unpaired) electrons. The van der Waals surface area contributed by atoms with E-state index in [9.17, 15) is 4.79 Å². The Kier molecular flexibility index (Phi) is 7.03. The number of hydrogen-bond donors (Lipinski definition) is 1. The van der Waals surface area contributed by atoms with Crippen molar-refractivity contribution >= 4 is 17.5 Å². The van der Waals surface area contributed by atoms with Gasteiger partial charge in [-0.25, -0.2) is 0 Å². The third-order valence-electron chi connectivity index (χ3n) is 3.35. The number of ketones is 1. The summed E-state index contributed by atoms with van der Waals surface area (Å²) in [6.45, 7) is 0. The molecule has 24 heavy (non-hydrogen) atoms. The molecule has 0 spiro atoms. The molecule has 0 aliphatic rings. The zero-order valence-corrected chi connectivity index (χ0v) is 13.7. The molecular formula is C22H21NO. The first kappa shape index (κ1) is 17.2. The Morgan fingerprint density at radius 2 is 1.25 bits per heavy atom. The molecule has 0 unspecified atom stereocenters. The first-order chi connectivity index (χ1) is 11.8. The van der Waals surface area contributed by atoms with Crippen molar-refractivity contribution in [2.45, 2.75) is 0 Å². The molecule has 0 aromatic heterocycles. The minimum Gasteiger partial charge on any atom is -0.388 e. The van der Waals surface area contributed by atoms with Crippen molar-refractivity contribution in [2.24, 2.45) is 0 Å². The minimum atomic E-state index is 0.0319. The van der Waals surface area contributed by atoms with Crippen LogP contribution in [-0.4, -0.2) is 12.8 Å². The smallest absolute Gasteiger partial charge is 0.185 e. The van der Waals surface area contributed by atoms with E-state index in [0.29, 0.717) is 0 Å². The maximum absolute atomic E-state index is 11.7. The average Bonchev–Trinajstić information content (AvgIpc) is 2.69. The summed E-state index contributed by atoms with van der Waals surface area (Å²) >= 11 is 0. The quantitative estimate of drug-likeness (QED) is 0.522. The van der Waals surface area contributed by atoms with Crippen LogP contribution < -0.4 is 5.32 Å². The molecule has 120 valence electrons. The number of hydrogen-bond acceptors (Lipinski definition) is 2. The van der Waals surface area contributed by atoms with E-state index in [4.69, 9.17) is 0 Å². The van der Waals surface area contributed by atoms with Crippen LogP contribution >= 0.6 is 0 Å². The summed E-state index contributed by atoms with van der Waals surface area (Å²) in [5.74, 6) is 0.0319. The molecule has 0 saturated carbocycles. The van der Waals surface area contributed by atoms with E-state index in [0.717, 1.165) is 16.8 Å². The molecule has 3 aromatic carbocycles. The molecule has 0 fully saturated rings. The number of carbonyl (C=O) groups is 1. The monoisotopic (exact) mass is 315 g/mol. The van der Waals surface area contributed by atoms with Crippen molar-refractivity contribution in [2.75, 3.05) is 12.4 Å². The van der Waals surface area contributed by atoms with E-state index in [1.54, 1.807) is 6.08 Å². The van der Waals surface area contributed by atoms with Gasteiger partial charge in [0.15, 0.2) is 5.78 Å². The van der Waals surface area contributed by atoms with Crippen LogP contribution in [0.4, 0.5) is 5.69 Å². The van der Waals surface area contributed by atoms with Crippen LogP contribution in [0.3, 0.4) is 0 Å². The maximum atomic E-state index is 11.7. The minimum absolute atomic E-state index is 0.0319. The van der Waals surface area contributed by atoms with Gasteiger partial charge in [0.1, 0.15) is 0 Å². The van der Waals surface area contributed by atoms with Gasteiger partial charge in [-0.15, -0.1) is 0 Å². The predicted octanol–water partition coefficient (Wildman–Crippen LogP) is 5.31. The second kappa shape index (κ2) is 9.80. The zero-order chi connectivity index (χ0) is 17.0. The molecule has 0 aliphatic heterocycles. The second-order valence-corrected chi connectivity index (χ2v) is 5.09. The molecule has 1 N–H and O–H groups in total. The Morgan fingerprint density at radius 3 is 1.75 bits per heavy atom. The maximum Gasteiger partial charge on any atom is 0.185 e. The number of benzene rings is 3. The van der Waals surface area contributed by atoms with Crippen LogP contribution in [0.25, 0.3) is 6.08 Å². The molecule has 2 nitrogen and oxygen atoms in total. The Labute approximate surface area is 143 Å². The fourth-order valence-electron chi connectivity index (χ4n) is 2.04. The van der Waals surface area contributed by atoms with Crippen LogP contribution in [0.1, 0.15) is 15.9 Å². The van der Waals surface area contributed by atoms with Crippen LogP contribution in [-0.2, 0) is 0 Å². The highest BCUT2D eigenvalue weighted by molar-refractivity contribution is 6.06. The summed E-state index contributed by atoms with van der Waals surface area (Å²) in [5.41, 5.74) is 2.91. The van der Waals surface area contributed by atoms with Crippen LogP contribution in [0.15, 0.2) is 97.1 Å². The van der Waals surface area contributed by atoms with Crippen molar-refractivity contribution in [3.8, 4) is 0 Å². The van der Waals surface area contributed by atoms with E-state index in [2.05, 4.69) is 5.32 Å². The third-order valence-corrected chi connectivity index (χ3v) is 3.35. The number of para-hydroxylation sites is 1. The molecule has 0 saturated heterocycles. The Morgan fingerprint density at radius 1 is 0.750 bits per heavy atom. The predicted molar refractivity (Wildman–Crippen MR) is 102 cm³/mol. The molecule has 3 rings (SSSR count). The fourth-order valence-corrected chi connectivity index (χ4v) is 2.04. The van der Waals surface area contributed by atoms with Gasteiger partial charge in [0.2, 0.25) is 0 Å². The highest BCUT2D eigenvalue weighted by Gasteiger charge is 1.98. The number of allylic oxidation sites excluding steroid dienone is 1. The molecule has 0 amide bonds. The number of rotatable bonds is 4. The van der Waals surface area contributed by atoms with Gasteiger partial charge in [0.25, 0.3) is 0 Å². The molecular weight excluding hydrogens is 294 g/mol. The highest BCUT2D eigenvalue weighted by atomic mass is 16.1. The van der Waals surface area contributed by atoms with E-state index < -0.39 is 0 Å².